The summed E-state index contributed by atoms with van der Waals surface area (Å²) in [6.07, 6.45) is 1.68. The Morgan fingerprint density at radius 1 is 1.47 bits per heavy atom. The number of pyridine rings is 1. The van der Waals surface area contributed by atoms with Gasteiger partial charge in [-0.1, -0.05) is 25.4 Å². The van der Waals surface area contributed by atoms with E-state index in [2.05, 4.69) is 29.5 Å². The van der Waals surface area contributed by atoms with E-state index in [9.17, 15) is 0 Å². The van der Waals surface area contributed by atoms with E-state index in [1.165, 1.54) is 0 Å². The van der Waals surface area contributed by atoms with Crippen molar-refractivity contribution in [1.29, 1.82) is 0 Å². The van der Waals surface area contributed by atoms with E-state index in [1.807, 2.05) is 13.1 Å². The molecule has 1 rings (SSSR count). The van der Waals surface area contributed by atoms with Gasteiger partial charge >= 0.3 is 0 Å². The Morgan fingerprint density at radius 3 is 2.80 bits per heavy atom. The second kappa shape index (κ2) is 5.93. The van der Waals surface area contributed by atoms with Gasteiger partial charge in [-0.05, 0) is 24.1 Å². The third-order valence-corrected chi connectivity index (χ3v) is 2.40. The van der Waals surface area contributed by atoms with Crippen LogP contribution in [0.2, 0.25) is 5.02 Å². The predicted octanol–water partition coefficient (Wildman–Crippen LogP) is 2.52. The molecule has 0 atom stereocenters. The third-order valence-electron chi connectivity index (χ3n) is 2.06. The van der Waals surface area contributed by atoms with Gasteiger partial charge in [-0.3, -0.25) is 0 Å². The average molecular weight is 228 g/mol. The summed E-state index contributed by atoms with van der Waals surface area (Å²) < 4.78 is 0. The molecule has 0 amide bonds. The van der Waals surface area contributed by atoms with Crippen LogP contribution >= 0.6 is 11.6 Å². The lowest BCUT2D eigenvalue weighted by Crippen LogP contribution is -2.19. The van der Waals surface area contributed by atoms with E-state index in [0.29, 0.717) is 10.9 Å². The van der Waals surface area contributed by atoms with E-state index >= 15 is 0 Å². The summed E-state index contributed by atoms with van der Waals surface area (Å²) in [5.74, 6) is 1.50. The van der Waals surface area contributed by atoms with Crippen molar-refractivity contribution >= 4 is 17.4 Å². The monoisotopic (exact) mass is 227 g/mol. The van der Waals surface area contributed by atoms with E-state index < -0.39 is 0 Å². The van der Waals surface area contributed by atoms with Crippen LogP contribution in [0.15, 0.2) is 12.3 Å². The van der Waals surface area contributed by atoms with Crippen molar-refractivity contribution in [3.63, 3.8) is 0 Å². The van der Waals surface area contributed by atoms with Crippen molar-refractivity contribution in [2.45, 2.75) is 20.4 Å². The molecule has 0 radical (unpaired) electrons. The number of halogens is 1. The van der Waals surface area contributed by atoms with Gasteiger partial charge in [0.05, 0.1) is 5.02 Å². The highest BCUT2D eigenvalue weighted by atomic mass is 35.5. The topological polar surface area (TPSA) is 37.0 Å². The molecule has 0 bridgehead atoms. The first-order valence-corrected chi connectivity index (χ1v) is 5.54. The maximum atomic E-state index is 6.04. The first-order valence-electron chi connectivity index (χ1n) is 5.16. The van der Waals surface area contributed by atoms with Gasteiger partial charge < -0.3 is 10.6 Å². The van der Waals surface area contributed by atoms with Crippen molar-refractivity contribution < 1.29 is 0 Å². The minimum Gasteiger partial charge on any atom is -0.373 e. The summed E-state index contributed by atoms with van der Waals surface area (Å²) >= 11 is 6.04. The van der Waals surface area contributed by atoms with Gasteiger partial charge in [0.25, 0.3) is 0 Å². The van der Waals surface area contributed by atoms with Crippen LogP contribution < -0.4 is 10.6 Å². The first-order chi connectivity index (χ1) is 7.13. The fraction of sp³-hybridized carbons (Fsp3) is 0.545. The van der Waals surface area contributed by atoms with Crippen molar-refractivity contribution in [3.8, 4) is 0 Å². The second-order valence-corrected chi connectivity index (χ2v) is 4.34. The summed E-state index contributed by atoms with van der Waals surface area (Å²) in [6, 6.07) is 1.97. The molecule has 15 heavy (non-hydrogen) atoms. The van der Waals surface area contributed by atoms with Crippen LogP contribution in [0.3, 0.4) is 0 Å². The van der Waals surface area contributed by atoms with E-state index in [4.69, 9.17) is 11.6 Å². The smallest absolute Gasteiger partial charge is 0.126 e. The Morgan fingerprint density at radius 2 is 2.20 bits per heavy atom. The number of hydrogen-bond donors (Lipinski definition) is 2. The number of hydrogen-bond acceptors (Lipinski definition) is 3. The zero-order chi connectivity index (χ0) is 11.3. The summed E-state index contributed by atoms with van der Waals surface area (Å²) in [7, 11) is 1.85. The second-order valence-electron chi connectivity index (χ2n) is 3.94. The van der Waals surface area contributed by atoms with Gasteiger partial charge in [0, 0.05) is 19.8 Å². The fourth-order valence-electron chi connectivity index (χ4n) is 1.25. The molecule has 0 fully saturated rings. The molecule has 2 N–H and O–H groups in total. The lowest BCUT2D eigenvalue weighted by Gasteiger charge is -2.09. The molecule has 0 aromatic carbocycles. The van der Waals surface area contributed by atoms with Gasteiger partial charge in [0.1, 0.15) is 5.82 Å². The van der Waals surface area contributed by atoms with Crippen LogP contribution in [0.5, 0.6) is 0 Å². The quantitative estimate of drug-likeness (QED) is 0.812. The number of nitrogens with zero attached hydrogens (tertiary/aromatic N) is 1. The highest BCUT2D eigenvalue weighted by Crippen LogP contribution is 2.17. The summed E-state index contributed by atoms with van der Waals surface area (Å²) in [6.45, 7) is 6.14. The summed E-state index contributed by atoms with van der Waals surface area (Å²) in [5.41, 5.74) is 1.08. The fourth-order valence-corrected chi connectivity index (χ4v) is 1.42. The van der Waals surface area contributed by atoms with Crippen molar-refractivity contribution in [3.05, 3.63) is 22.8 Å². The Kier molecular flexibility index (Phi) is 4.85. The predicted molar refractivity (Wildman–Crippen MR) is 65.3 cm³/mol. The van der Waals surface area contributed by atoms with Crippen LogP contribution in [0, 0.1) is 5.92 Å². The molecule has 0 spiro atoms. The molecular formula is C11H18ClN3. The van der Waals surface area contributed by atoms with Crippen LogP contribution in [0.4, 0.5) is 5.82 Å². The van der Waals surface area contributed by atoms with E-state index in [1.54, 1.807) is 6.20 Å². The zero-order valence-electron chi connectivity index (χ0n) is 9.47. The van der Waals surface area contributed by atoms with Gasteiger partial charge in [-0.15, -0.1) is 0 Å². The molecular weight excluding hydrogens is 210 g/mol. The first kappa shape index (κ1) is 12.3. The maximum Gasteiger partial charge on any atom is 0.126 e. The SMILES string of the molecule is CNc1cc(CNCC(C)C)c(Cl)cn1. The number of nitrogens with one attached hydrogen (secondary N) is 2. The van der Waals surface area contributed by atoms with Crippen LogP contribution in [-0.4, -0.2) is 18.6 Å². The molecule has 0 aliphatic heterocycles. The zero-order valence-corrected chi connectivity index (χ0v) is 10.2. The minimum absolute atomic E-state index is 0.648. The molecule has 1 heterocycles. The lowest BCUT2D eigenvalue weighted by molar-refractivity contribution is 0.552. The van der Waals surface area contributed by atoms with Gasteiger partial charge in [-0.2, -0.15) is 0 Å². The lowest BCUT2D eigenvalue weighted by atomic mass is 10.2. The van der Waals surface area contributed by atoms with Crippen molar-refractivity contribution in [2.24, 2.45) is 5.92 Å². The molecule has 3 nitrogen and oxygen atoms in total. The Hall–Kier alpha value is -0.800. The number of aromatic nitrogens is 1. The molecule has 0 aliphatic rings. The molecule has 4 heteroatoms. The van der Waals surface area contributed by atoms with Crippen LogP contribution in [0.1, 0.15) is 19.4 Å². The van der Waals surface area contributed by atoms with Gasteiger partial charge in [0.15, 0.2) is 0 Å². The van der Waals surface area contributed by atoms with Crippen LogP contribution in [0.25, 0.3) is 0 Å². The Bertz CT molecular complexity index is 313. The third kappa shape index (κ3) is 4.06. The largest absolute Gasteiger partial charge is 0.373 e. The van der Waals surface area contributed by atoms with Crippen molar-refractivity contribution in [1.82, 2.24) is 10.3 Å². The highest BCUT2D eigenvalue weighted by molar-refractivity contribution is 6.31. The number of anilines is 1. The Balaban J connectivity index is 2.59. The van der Waals surface area contributed by atoms with Gasteiger partial charge in [-0.25, -0.2) is 4.98 Å². The van der Waals surface area contributed by atoms with Crippen LogP contribution in [-0.2, 0) is 6.54 Å². The normalized spacial score (nSPS) is 10.7. The molecule has 0 aliphatic carbocycles. The molecule has 1 aromatic heterocycles. The summed E-state index contributed by atoms with van der Waals surface area (Å²) in [4.78, 5) is 4.13. The average Bonchev–Trinajstić information content (AvgIpc) is 2.20. The Labute approximate surface area is 96.2 Å². The minimum atomic E-state index is 0.648. The molecule has 0 unspecified atom stereocenters. The van der Waals surface area contributed by atoms with Crippen molar-refractivity contribution in [2.75, 3.05) is 18.9 Å². The standard InChI is InChI=1S/C11H18ClN3/c1-8(2)5-14-6-9-4-11(13-3)15-7-10(9)12/h4,7-8,14H,5-6H2,1-3H3,(H,13,15). The van der Waals surface area contributed by atoms with E-state index in [-0.39, 0.29) is 0 Å². The van der Waals surface area contributed by atoms with E-state index in [0.717, 1.165) is 24.5 Å². The molecule has 84 valence electrons. The summed E-state index contributed by atoms with van der Waals surface area (Å²) in [5, 5.41) is 7.06. The maximum absolute atomic E-state index is 6.04. The molecule has 0 saturated carbocycles. The van der Waals surface area contributed by atoms with Gasteiger partial charge in [0.2, 0.25) is 0 Å². The molecule has 0 saturated heterocycles. The highest BCUT2D eigenvalue weighted by Gasteiger charge is 2.02. The number of rotatable bonds is 5. The molecule has 1 aromatic rings.